The summed E-state index contributed by atoms with van der Waals surface area (Å²) in [5.74, 6) is -0.399. The Kier molecular flexibility index (Phi) is 6.68. The average molecular weight is 361 g/mol. The Morgan fingerprint density at radius 2 is 1.73 bits per heavy atom. The Balaban J connectivity index is 2.08. The third-order valence-corrected chi connectivity index (χ3v) is 4.52. The summed E-state index contributed by atoms with van der Waals surface area (Å²) >= 11 is 0. The number of alkyl carbamates (subject to hydrolysis) is 1. The fraction of sp³-hybridized carbons (Fsp3) is 0.619. The van der Waals surface area contributed by atoms with Gasteiger partial charge in [0, 0.05) is 6.42 Å². The minimum atomic E-state index is -0.772. The van der Waals surface area contributed by atoms with Crippen molar-refractivity contribution >= 4 is 12.1 Å². The van der Waals surface area contributed by atoms with Gasteiger partial charge in [-0.05, 0) is 58.9 Å². The van der Waals surface area contributed by atoms with Crippen LogP contribution in [0.4, 0.5) is 4.79 Å². The highest BCUT2D eigenvalue weighted by Crippen LogP contribution is 2.31. The molecule has 2 rings (SSSR count). The molecule has 5 nitrogen and oxygen atoms in total. The number of rotatable bonds is 5. The lowest BCUT2D eigenvalue weighted by atomic mass is 9.86. The van der Waals surface area contributed by atoms with Gasteiger partial charge in [0.1, 0.15) is 17.2 Å². The number of benzene rings is 1. The largest absolute Gasteiger partial charge is 0.458 e. The molecule has 26 heavy (non-hydrogen) atoms. The van der Waals surface area contributed by atoms with Crippen molar-refractivity contribution in [3.63, 3.8) is 0 Å². The molecule has 0 aliphatic heterocycles. The predicted molar refractivity (Wildman–Crippen MR) is 101 cm³/mol. The van der Waals surface area contributed by atoms with Gasteiger partial charge in [0.05, 0.1) is 0 Å². The van der Waals surface area contributed by atoms with E-state index in [9.17, 15) is 9.59 Å². The van der Waals surface area contributed by atoms with E-state index >= 15 is 0 Å². The molecule has 1 atom stereocenters. The van der Waals surface area contributed by atoms with Crippen molar-refractivity contribution in [2.45, 2.75) is 83.5 Å². The SMILES string of the molecule is CC(C)(C)OC(=O)N[C@@H](Cc1ccccc1)C(=O)OC1(C)CCCCC1. The molecule has 1 fully saturated rings. The van der Waals surface area contributed by atoms with Gasteiger partial charge in [0.25, 0.3) is 0 Å². The minimum Gasteiger partial charge on any atom is -0.458 e. The standard InChI is InChI=1S/C21H31NO4/c1-20(2,3)26-19(24)22-17(15-16-11-7-5-8-12-16)18(23)25-21(4)13-9-6-10-14-21/h5,7-8,11-12,17H,6,9-10,13-15H2,1-4H3,(H,22,24)/t17-/m0/s1. The molecule has 0 unspecified atom stereocenters. The molecule has 5 heteroatoms. The molecule has 0 radical (unpaired) electrons. The predicted octanol–water partition coefficient (Wildman–Crippen LogP) is 4.39. The zero-order valence-corrected chi connectivity index (χ0v) is 16.3. The molecule has 0 heterocycles. The molecule has 0 saturated heterocycles. The highest BCUT2D eigenvalue weighted by Gasteiger charge is 2.34. The molecule has 0 aromatic heterocycles. The number of amides is 1. The van der Waals surface area contributed by atoms with Gasteiger partial charge in [-0.25, -0.2) is 9.59 Å². The van der Waals surface area contributed by atoms with Crippen LogP contribution in [0.1, 0.15) is 65.4 Å². The fourth-order valence-corrected chi connectivity index (χ4v) is 3.21. The van der Waals surface area contributed by atoms with Gasteiger partial charge < -0.3 is 14.8 Å². The first-order valence-electron chi connectivity index (χ1n) is 9.43. The lowest BCUT2D eigenvalue weighted by molar-refractivity contribution is -0.163. The van der Waals surface area contributed by atoms with Crippen LogP contribution in [0.2, 0.25) is 0 Å². The van der Waals surface area contributed by atoms with Crippen molar-refractivity contribution in [3.05, 3.63) is 35.9 Å². The first-order chi connectivity index (χ1) is 12.2. The minimum absolute atomic E-state index is 0.370. The van der Waals surface area contributed by atoms with Gasteiger partial charge in [-0.2, -0.15) is 0 Å². The zero-order chi connectivity index (χ0) is 19.2. The van der Waals surface area contributed by atoms with E-state index in [0.717, 1.165) is 31.2 Å². The molecule has 0 bridgehead atoms. The normalized spacial score (nSPS) is 17.8. The summed E-state index contributed by atoms with van der Waals surface area (Å²) in [4.78, 5) is 25.0. The lowest BCUT2D eigenvalue weighted by Gasteiger charge is -2.34. The second-order valence-corrected chi connectivity index (χ2v) is 8.32. The van der Waals surface area contributed by atoms with Gasteiger partial charge in [0.15, 0.2) is 0 Å². The topological polar surface area (TPSA) is 64.6 Å². The highest BCUT2D eigenvalue weighted by atomic mass is 16.6. The molecule has 1 aliphatic carbocycles. The number of hydrogen-bond acceptors (Lipinski definition) is 4. The van der Waals surface area contributed by atoms with Crippen LogP contribution in [-0.4, -0.2) is 29.3 Å². The Morgan fingerprint density at radius 3 is 2.31 bits per heavy atom. The smallest absolute Gasteiger partial charge is 0.408 e. The van der Waals surface area contributed by atoms with E-state index in [1.54, 1.807) is 20.8 Å². The van der Waals surface area contributed by atoms with E-state index in [-0.39, 0.29) is 0 Å². The van der Waals surface area contributed by atoms with Crippen LogP contribution in [-0.2, 0) is 20.7 Å². The van der Waals surface area contributed by atoms with Crippen LogP contribution >= 0.6 is 0 Å². The first-order valence-corrected chi connectivity index (χ1v) is 9.43. The summed E-state index contributed by atoms with van der Waals surface area (Å²) in [6.07, 6.45) is 4.79. The van der Waals surface area contributed by atoms with Crippen molar-refractivity contribution in [2.75, 3.05) is 0 Å². The van der Waals surface area contributed by atoms with Crippen molar-refractivity contribution in [2.24, 2.45) is 0 Å². The lowest BCUT2D eigenvalue weighted by Crippen LogP contribution is -2.48. The van der Waals surface area contributed by atoms with Crippen molar-refractivity contribution in [1.82, 2.24) is 5.32 Å². The molecule has 1 aliphatic rings. The summed E-state index contributed by atoms with van der Waals surface area (Å²) in [5.41, 5.74) is -0.111. The number of hydrogen-bond donors (Lipinski definition) is 1. The Labute approximate surface area is 156 Å². The molecule has 144 valence electrons. The Morgan fingerprint density at radius 1 is 1.12 bits per heavy atom. The zero-order valence-electron chi connectivity index (χ0n) is 16.3. The van der Waals surface area contributed by atoms with Gasteiger partial charge >= 0.3 is 12.1 Å². The number of ether oxygens (including phenoxy) is 2. The third kappa shape index (κ3) is 6.70. The van der Waals surface area contributed by atoms with Gasteiger partial charge in [-0.15, -0.1) is 0 Å². The maximum atomic E-state index is 12.8. The second kappa shape index (κ2) is 8.56. The molecule has 1 aromatic carbocycles. The van der Waals surface area contributed by atoms with Gasteiger partial charge in [-0.3, -0.25) is 0 Å². The van der Waals surface area contributed by atoms with Crippen LogP contribution in [0.15, 0.2) is 30.3 Å². The van der Waals surface area contributed by atoms with E-state index in [0.29, 0.717) is 6.42 Å². The average Bonchev–Trinajstić information content (AvgIpc) is 2.53. The van der Waals surface area contributed by atoms with E-state index in [1.165, 1.54) is 6.42 Å². The fourth-order valence-electron chi connectivity index (χ4n) is 3.21. The molecular weight excluding hydrogens is 330 g/mol. The molecule has 1 saturated carbocycles. The number of carbonyl (C=O) groups excluding carboxylic acids is 2. The van der Waals surface area contributed by atoms with Crippen LogP contribution < -0.4 is 5.32 Å². The summed E-state index contributed by atoms with van der Waals surface area (Å²) in [6.45, 7) is 7.36. The van der Waals surface area contributed by atoms with Gasteiger partial charge in [-0.1, -0.05) is 36.8 Å². The monoisotopic (exact) mass is 361 g/mol. The van der Waals surface area contributed by atoms with Crippen molar-refractivity contribution in [1.29, 1.82) is 0 Å². The molecule has 1 amide bonds. The Bertz CT molecular complexity index is 600. The van der Waals surface area contributed by atoms with E-state index in [2.05, 4.69) is 5.32 Å². The molecular formula is C21H31NO4. The summed E-state index contributed by atoms with van der Waals surface area (Å²) in [6, 6.07) is 8.83. The van der Waals surface area contributed by atoms with Crippen LogP contribution in [0.5, 0.6) is 0 Å². The van der Waals surface area contributed by atoms with Crippen molar-refractivity contribution in [3.8, 4) is 0 Å². The van der Waals surface area contributed by atoms with Gasteiger partial charge in [0.2, 0.25) is 0 Å². The van der Waals surface area contributed by atoms with Crippen LogP contribution in [0.3, 0.4) is 0 Å². The number of carbonyl (C=O) groups is 2. The van der Waals surface area contributed by atoms with E-state index in [4.69, 9.17) is 9.47 Å². The summed E-state index contributed by atoms with van der Waals surface area (Å²) in [7, 11) is 0. The third-order valence-electron chi connectivity index (χ3n) is 4.52. The first kappa shape index (κ1) is 20.3. The van der Waals surface area contributed by atoms with E-state index in [1.807, 2.05) is 37.3 Å². The maximum absolute atomic E-state index is 12.8. The molecule has 0 spiro atoms. The number of nitrogens with one attached hydrogen (secondary N) is 1. The van der Waals surface area contributed by atoms with Crippen LogP contribution in [0.25, 0.3) is 0 Å². The number of esters is 1. The second-order valence-electron chi connectivity index (χ2n) is 8.32. The quantitative estimate of drug-likeness (QED) is 0.790. The summed E-state index contributed by atoms with van der Waals surface area (Å²) < 4.78 is 11.1. The van der Waals surface area contributed by atoms with Crippen LogP contribution in [0, 0.1) is 0 Å². The Hall–Kier alpha value is -2.04. The molecule has 1 aromatic rings. The van der Waals surface area contributed by atoms with E-state index < -0.39 is 29.3 Å². The molecule has 1 N–H and O–H groups in total. The summed E-state index contributed by atoms with van der Waals surface area (Å²) in [5, 5.41) is 2.69. The highest BCUT2D eigenvalue weighted by molar-refractivity contribution is 5.82. The van der Waals surface area contributed by atoms with Crippen molar-refractivity contribution < 1.29 is 19.1 Å². The maximum Gasteiger partial charge on any atom is 0.408 e.